The minimum Gasteiger partial charge on any atom is -0.493 e. The van der Waals surface area contributed by atoms with E-state index in [0.29, 0.717) is 11.5 Å². The Bertz CT molecular complexity index is 1020. The van der Waals surface area contributed by atoms with E-state index in [2.05, 4.69) is 5.32 Å². The molecule has 4 amide bonds. The van der Waals surface area contributed by atoms with E-state index in [0.717, 1.165) is 4.90 Å². The van der Waals surface area contributed by atoms with Crippen LogP contribution in [0.2, 0.25) is 0 Å². The molecule has 0 spiro atoms. The number of carbonyl (C=O) groups is 4. The van der Waals surface area contributed by atoms with Gasteiger partial charge in [-0.15, -0.1) is 0 Å². The quantitative estimate of drug-likeness (QED) is 0.813. The Morgan fingerprint density at radius 1 is 0.929 bits per heavy atom. The van der Waals surface area contributed by atoms with E-state index in [1.54, 1.807) is 36.4 Å². The molecule has 2 heterocycles. The van der Waals surface area contributed by atoms with E-state index in [4.69, 9.17) is 9.47 Å². The first-order valence-corrected chi connectivity index (χ1v) is 8.66. The molecule has 1 atom stereocenters. The second-order valence-electron chi connectivity index (χ2n) is 6.38. The number of methoxy groups -OCH3 is 1. The topological polar surface area (TPSA) is 102 Å². The van der Waals surface area contributed by atoms with Crippen molar-refractivity contribution in [3.05, 3.63) is 53.6 Å². The monoisotopic (exact) mass is 380 g/mol. The lowest BCUT2D eigenvalue weighted by molar-refractivity contribution is -0.136. The number of piperidine rings is 1. The van der Waals surface area contributed by atoms with Gasteiger partial charge in [-0.05, 0) is 30.7 Å². The summed E-state index contributed by atoms with van der Waals surface area (Å²) in [5.74, 6) is -1.23. The summed E-state index contributed by atoms with van der Waals surface area (Å²) in [5.41, 5.74) is 0.241. The number of amides is 4. The van der Waals surface area contributed by atoms with Crippen LogP contribution in [0.25, 0.3) is 0 Å². The van der Waals surface area contributed by atoms with Crippen molar-refractivity contribution in [1.82, 2.24) is 10.2 Å². The number of nitrogens with one attached hydrogen (secondary N) is 1. The number of imide groups is 2. The van der Waals surface area contributed by atoms with Gasteiger partial charge in [-0.2, -0.15) is 0 Å². The van der Waals surface area contributed by atoms with Gasteiger partial charge < -0.3 is 9.47 Å². The molecule has 0 bridgehead atoms. The van der Waals surface area contributed by atoms with Crippen LogP contribution in [-0.2, 0) is 9.59 Å². The highest BCUT2D eigenvalue weighted by Crippen LogP contribution is 2.38. The van der Waals surface area contributed by atoms with E-state index in [1.165, 1.54) is 13.2 Å². The smallest absolute Gasteiger partial charge is 0.266 e. The summed E-state index contributed by atoms with van der Waals surface area (Å²) in [6.07, 6.45) is 0.160. The lowest BCUT2D eigenvalue weighted by Gasteiger charge is -2.27. The largest absolute Gasteiger partial charge is 0.493 e. The molecule has 2 aliphatic rings. The molecule has 2 aromatic rings. The first kappa shape index (κ1) is 17.7. The fourth-order valence-corrected chi connectivity index (χ4v) is 3.39. The van der Waals surface area contributed by atoms with Gasteiger partial charge in [0.05, 0.1) is 18.2 Å². The Morgan fingerprint density at radius 2 is 1.64 bits per heavy atom. The van der Waals surface area contributed by atoms with E-state index in [-0.39, 0.29) is 29.7 Å². The van der Waals surface area contributed by atoms with Gasteiger partial charge in [0, 0.05) is 6.42 Å². The zero-order valence-corrected chi connectivity index (χ0v) is 14.9. The Labute approximate surface area is 160 Å². The molecule has 2 aliphatic heterocycles. The molecule has 0 saturated carbocycles. The van der Waals surface area contributed by atoms with Crippen molar-refractivity contribution in [3.8, 4) is 17.2 Å². The summed E-state index contributed by atoms with van der Waals surface area (Å²) >= 11 is 0. The van der Waals surface area contributed by atoms with E-state index in [1.807, 2.05) is 0 Å². The van der Waals surface area contributed by atoms with E-state index >= 15 is 0 Å². The third-order valence-electron chi connectivity index (χ3n) is 4.72. The molecule has 2 aromatic carbocycles. The van der Waals surface area contributed by atoms with Crippen LogP contribution < -0.4 is 14.8 Å². The zero-order chi connectivity index (χ0) is 19.8. The maximum atomic E-state index is 13.0. The van der Waals surface area contributed by atoms with Crippen LogP contribution in [0.1, 0.15) is 33.6 Å². The van der Waals surface area contributed by atoms with Crippen molar-refractivity contribution in [2.75, 3.05) is 7.11 Å². The molecule has 1 unspecified atom stereocenters. The summed E-state index contributed by atoms with van der Waals surface area (Å²) in [6, 6.07) is 10.6. The average molecular weight is 380 g/mol. The third-order valence-corrected chi connectivity index (χ3v) is 4.72. The number of fused-ring (bicyclic) bond motifs is 1. The normalized spacial score (nSPS) is 18.8. The second-order valence-corrected chi connectivity index (χ2v) is 6.38. The van der Waals surface area contributed by atoms with Crippen LogP contribution in [0.4, 0.5) is 0 Å². The van der Waals surface area contributed by atoms with Crippen LogP contribution in [0.5, 0.6) is 17.2 Å². The molecule has 0 radical (unpaired) electrons. The molecule has 0 aromatic heterocycles. The molecular weight excluding hydrogens is 364 g/mol. The van der Waals surface area contributed by atoms with Crippen LogP contribution >= 0.6 is 0 Å². The van der Waals surface area contributed by atoms with Crippen molar-refractivity contribution < 1.29 is 28.7 Å². The summed E-state index contributed by atoms with van der Waals surface area (Å²) in [4.78, 5) is 50.3. The minimum absolute atomic E-state index is 0.0639. The fraction of sp³-hybridized carbons (Fsp3) is 0.200. The molecule has 1 N–H and O–H groups in total. The standard InChI is InChI=1S/C20H16N2O6/c1-27-13-6-2-3-7-14(13)28-15-8-4-5-11-17(15)20(26)22(19(11)25)12-9-10-16(23)21-18(12)24/h2-8,12H,9-10H2,1H3,(H,21,23,24). The number of rotatable bonds is 4. The summed E-state index contributed by atoms with van der Waals surface area (Å²) in [5, 5.41) is 2.17. The van der Waals surface area contributed by atoms with Gasteiger partial charge in [-0.25, -0.2) is 0 Å². The molecule has 0 aliphatic carbocycles. The van der Waals surface area contributed by atoms with Crippen LogP contribution in [0.15, 0.2) is 42.5 Å². The van der Waals surface area contributed by atoms with Crippen LogP contribution in [0, 0.1) is 0 Å². The highest BCUT2D eigenvalue weighted by molar-refractivity contribution is 6.24. The lowest BCUT2D eigenvalue weighted by Crippen LogP contribution is -2.54. The number of carbonyl (C=O) groups excluding carboxylic acids is 4. The highest BCUT2D eigenvalue weighted by Gasteiger charge is 2.46. The van der Waals surface area contributed by atoms with Gasteiger partial charge in [0.1, 0.15) is 11.8 Å². The van der Waals surface area contributed by atoms with Crippen molar-refractivity contribution >= 4 is 23.6 Å². The number of para-hydroxylation sites is 2. The summed E-state index contributed by atoms with van der Waals surface area (Å²) in [7, 11) is 1.50. The fourth-order valence-electron chi connectivity index (χ4n) is 3.39. The molecule has 28 heavy (non-hydrogen) atoms. The first-order chi connectivity index (χ1) is 13.5. The predicted octanol–water partition coefficient (Wildman–Crippen LogP) is 1.89. The van der Waals surface area contributed by atoms with E-state index < -0.39 is 29.7 Å². The number of hydrogen-bond acceptors (Lipinski definition) is 6. The van der Waals surface area contributed by atoms with Gasteiger partial charge in [0.2, 0.25) is 11.8 Å². The van der Waals surface area contributed by atoms with Crippen molar-refractivity contribution in [2.24, 2.45) is 0 Å². The Hall–Kier alpha value is -3.68. The molecule has 1 fully saturated rings. The number of benzene rings is 2. The number of ether oxygens (including phenoxy) is 2. The predicted molar refractivity (Wildman–Crippen MR) is 96.2 cm³/mol. The zero-order valence-electron chi connectivity index (χ0n) is 14.9. The summed E-state index contributed by atoms with van der Waals surface area (Å²) < 4.78 is 11.1. The van der Waals surface area contributed by atoms with Crippen molar-refractivity contribution in [3.63, 3.8) is 0 Å². The maximum absolute atomic E-state index is 13.0. The molecule has 8 nitrogen and oxygen atoms in total. The van der Waals surface area contributed by atoms with Gasteiger partial charge in [-0.3, -0.25) is 29.4 Å². The molecule has 1 saturated heterocycles. The molecule has 4 rings (SSSR count). The lowest BCUT2D eigenvalue weighted by atomic mass is 10.0. The molecule has 8 heteroatoms. The molecule has 142 valence electrons. The summed E-state index contributed by atoms with van der Waals surface area (Å²) in [6.45, 7) is 0. The minimum atomic E-state index is -1.02. The van der Waals surface area contributed by atoms with Gasteiger partial charge in [0.15, 0.2) is 11.5 Å². The van der Waals surface area contributed by atoms with Crippen molar-refractivity contribution in [1.29, 1.82) is 0 Å². The van der Waals surface area contributed by atoms with E-state index in [9.17, 15) is 19.2 Å². The Morgan fingerprint density at radius 3 is 2.36 bits per heavy atom. The van der Waals surface area contributed by atoms with Crippen LogP contribution in [0.3, 0.4) is 0 Å². The number of nitrogens with zero attached hydrogens (tertiary/aromatic N) is 1. The second kappa shape index (κ2) is 6.80. The van der Waals surface area contributed by atoms with Gasteiger partial charge in [-0.1, -0.05) is 18.2 Å². The van der Waals surface area contributed by atoms with Gasteiger partial charge >= 0.3 is 0 Å². The van der Waals surface area contributed by atoms with Crippen LogP contribution in [-0.4, -0.2) is 41.7 Å². The van der Waals surface area contributed by atoms with Crippen molar-refractivity contribution in [2.45, 2.75) is 18.9 Å². The Kier molecular flexibility index (Phi) is 4.31. The Balaban J connectivity index is 1.70. The number of hydrogen-bond donors (Lipinski definition) is 1. The first-order valence-electron chi connectivity index (χ1n) is 8.66. The molecular formula is C20H16N2O6. The maximum Gasteiger partial charge on any atom is 0.266 e. The SMILES string of the molecule is COc1ccccc1Oc1cccc2c1C(=O)N(C1CCC(=O)NC1=O)C2=O. The third kappa shape index (κ3) is 2.79. The highest BCUT2D eigenvalue weighted by atomic mass is 16.5. The van der Waals surface area contributed by atoms with Gasteiger partial charge in [0.25, 0.3) is 11.8 Å². The average Bonchev–Trinajstić information content (AvgIpc) is 2.94.